The molecule has 1 aromatic rings. The summed E-state index contributed by atoms with van der Waals surface area (Å²) < 4.78 is 4.95. The molecule has 6 heteroatoms. The zero-order chi connectivity index (χ0) is 12.0. The van der Waals surface area contributed by atoms with Crippen molar-refractivity contribution in [3.63, 3.8) is 0 Å². The van der Waals surface area contributed by atoms with Crippen molar-refractivity contribution < 1.29 is 9.84 Å². The first-order valence-electron chi connectivity index (χ1n) is 5.01. The Hall–Kier alpha value is -0.850. The fraction of sp³-hybridized carbons (Fsp3) is 0.600. The average molecular weight is 243 g/mol. The van der Waals surface area contributed by atoms with Gasteiger partial charge in [0.25, 0.3) is 0 Å². The molecule has 0 saturated heterocycles. The second kappa shape index (κ2) is 6.67. The second-order valence-electron chi connectivity index (χ2n) is 3.58. The largest absolute Gasteiger partial charge is 0.396 e. The molecule has 0 amide bonds. The maximum atomic E-state index is 8.92. The molecule has 1 rings (SSSR count). The summed E-state index contributed by atoms with van der Waals surface area (Å²) in [6.07, 6.45) is 0. The fourth-order valence-corrected chi connectivity index (χ4v) is 1.97. The van der Waals surface area contributed by atoms with E-state index in [1.807, 2.05) is 6.92 Å². The molecule has 0 fully saturated rings. The molecule has 0 aliphatic carbocycles. The van der Waals surface area contributed by atoms with E-state index in [0.717, 1.165) is 10.8 Å². The molecule has 0 aliphatic rings. The molecule has 5 nitrogen and oxygen atoms in total. The summed E-state index contributed by atoms with van der Waals surface area (Å²) in [5.41, 5.74) is 5.66. The number of aliphatic hydroxyl groups is 1. The summed E-state index contributed by atoms with van der Waals surface area (Å²) in [5, 5.41) is 9.73. The average Bonchev–Trinajstić information content (AvgIpc) is 2.25. The lowest BCUT2D eigenvalue weighted by atomic mass is 10.2. The van der Waals surface area contributed by atoms with E-state index in [9.17, 15) is 0 Å². The molecule has 1 aromatic heterocycles. The SMILES string of the molecule is COCc1nc(N)cc(SCC(C)CO)n1. The first-order valence-corrected chi connectivity index (χ1v) is 6.00. The first kappa shape index (κ1) is 13.2. The number of nitrogens with two attached hydrogens (primary N) is 1. The van der Waals surface area contributed by atoms with Gasteiger partial charge in [0.15, 0.2) is 5.82 Å². The molecule has 0 aliphatic heterocycles. The van der Waals surface area contributed by atoms with Gasteiger partial charge in [-0.15, -0.1) is 11.8 Å². The van der Waals surface area contributed by atoms with Gasteiger partial charge in [0.1, 0.15) is 17.5 Å². The van der Waals surface area contributed by atoms with Gasteiger partial charge >= 0.3 is 0 Å². The monoisotopic (exact) mass is 243 g/mol. The van der Waals surface area contributed by atoms with Crippen LogP contribution in [-0.4, -0.2) is 34.5 Å². The number of nitrogen functional groups attached to an aromatic ring is 1. The van der Waals surface area contributed by atoms with Crippen LogP contribution in [0.2, 0.25) is 0 Å². The minimum Gasteiger partial charge on any atom is -0.396 e. The van der Waals surface area contributed by atoms with Crippen LogP contribution in [0.3, 0.4) is 0 Å². The molecule has 3 N–H and O–H groups in total. The Labute approximate surface area is 99.4 Å². The van der Waals surface area contributed by atoms with Crippen molar-refractivity contribution in [1.82, 2.24) is 9.97 Å². The van der Waals surface area contributed by atoms with Crippen molar-refractivity contribution in [3.8, 4) is 0 Å². The van der Waals surface area contributed by atoms with Gasteiger partial charge in [-0.25, -0.2) is 9.97 Å². The number of ether oxygens (including phenoxy) is 1. The van der Waals surface area contributed by atoms with Gasteiger partial charge in [0, 0.05) is 25.5 Å². The molecule has 1 atom stereocenters. The van der Waals surface area contributed by atoms with E-state index in [4.69, 9.17) is 15.6 Å². The van der Waals surface area contributed by atoms with Gasteiger partial charge in [0.2, 0.25) is 0 Å². The Balaban J connectivity index is 2.64. The third-order valence-corrected chi connectivity index (χ3v) is 3.11. The molecule has 0 aromatic carbocycles. The normalized spacial score (nSPS) is 12.7. The van der Waals surface area contributed by atoms with Crippen LogP contribution in [0.4, 0.5) is 5.82 Å². The highest BCUT2D eigenvalue weighted by Crippen LogP contribution is 2.20. The molecular weight excluding hydrogens is 226 g/mol. The predicted octanol–water partition coefficient (Wildman–Crippen LogP) is 0.926. The zero-order valence-corrected chi connectivity index (χ0v) is 10.3. The van der Waals surface area contributed by atoms with E-state index in [0.29, 0.717) is 18.2 Å². The van der Waals surface area contributed by atoms with Crippen LogP contribution < -0.4 is 5.73 Å². The summed E-state index contributed by atoms with van der Waals surface area (Å²) in [6, 6.07) is 1.73. The van der Waals surface area contributed by atoms with Crippen LogP contribution in [0.5, 0.6) is 0 Å². The standard InChI is InChI=1S/C10H17N3O2S/c1-7(4-14)6-16-10-3-8(11)12-9(13-10)5-15-2/h3,7,14H,4-6H2,1-2H3,(H2,11,12,13). The molecule has 1 heterocycles. The van der Waals surface area contributed by atoms with Crippen molar-refractivity contribution in [2.45, 2.75) is 18.6 Å². The first-order chi connectivity index (χ1) is 7.65. The Morgan fingerprint density at radius 2 is 2.31 bits per heavy atom. The van der Waals surface area contributed by atoms with E-state index in [1.165, 1.54) is 0 Å². The molecule has 16 heavy (non-hydrogen) atoms. The third-order valence-electron chi connectivity index (χ3n) is 1.87. The van der Waals surface area contributed by atoms with E-state index in [2.05, 4.69) is 9.97 Å². The summed E-state index contributed by atoms with van der Waals surface area (Å²) in [7, 11) is 1.59. The predicted molar refractivity (Wildman–Crippen MR) is 64.1 cm³/mol. The number of hydrogen-bond donors (Lipinski definition) is 2. The van der Waals surface area contributed by atoms with Gasteiger partial charge < -0.3 is 15.6 Å². The Morgan fingerprint density at radius 1 is 1.56 bits per heavy atom. The van der Waals surface area contributed by atoms with Crippen LogP contribution in [0.1, 0.15) is 12.7 Å². The van der Waals surface area contributed by atoms with Gasteiger partial charge in [-0.05, 0) is 5.92 Å². The lowest BCUT2D eigenvalue weighted by molar-refractivity contribution is 0.177. The van der Waals surface area contributed by atoms with Gasteiger partial charge in [0.05, 0.1) is 0 Å². The lowest BCUT2D eigenvalue weighted by Gasteiger charge is -2.08. The van der Waals surface area contributed by atoms with Crippen molar-refractivity contribution in [1.29, 1.82) is 0 Å². The number of thioether (sulfide) groups is 1. The quantitative estimate of drug-likeness (QED) is 0.571. The topological polar surface area (TPSA) is 81.3 Å². The van der Waals surface area contributed by atoms with Crippen molar-refractivity contribution in [2.24, 2.45) is 5.92 Å². The maximum absolute atomic E-state index is 8.92. The third kappa shape index (κ3) is 4.34. The minimum absolute atomic E-state index is 0.179. The van der Waals surface area contributed by atoms with Crippen LogP contribution in [-0.2, 0) is 11.3 Å². The molecule has 0 spiro atoms. The van der Waals surface area contributed by atoms with Gasteiger partial charge in [-0.2, -0.15) is 0 Å². The number of nitrogens with zero attached hydrogens (tertiary/aromatic N) is 2. The van der Waals surface area contributed by atoms with E-state index in [1.54, 1.807) is 24.9 Å². The van der Waals surface area contributed by atoms with Gasteiger partial charge in [-0.3, -0.25) is 0 Å². The highest BCUT2D eigenvalue weighted by molar-refractivity contribution is 7.99. The summed E-state index contributed by atoms with van der Waals surface area (Å²) in [5.74, 6) is 2.08. The number of aliphatic hydroxyl groups excluding tert-OH is 1. The molecule has 0 saturated carbocycles. The smallest absolute Gasteiger partial charge is 0.157 e. The van der Waals surface area contributed by atoms with E-state index >= 15 is 0 Å². The zero-order valence-electron chi connectivity index (χ0n) is 9.51. The molecule has 0 radical (unpaired) electrons. The molecular formula is C10H17N3O2S. The second-order valence-corrected chi connectivity index (χ2v) is 4.62. The highest BCUT2D eigenvalue weighted by Gasteiger charge is 2.06. The number of anilines is 1. The Morgan fingerprint density at radius 3 is 2.94 bits per heavy atom. The number of aromatic nitrogens is 2. The highest BCUT2D eigenvalue weighted by atomic mass is 32.2. The number of methoxy groups -OCH3 is 1. The summed E-state index contributed by atoms with van der Waals surface area (Å²) >= 11 is 1.56. The Bertz CT molecular complexity index is 336. The number of rotatable bonds is 6. The molecule has 1 unspecified atom stereocenters. The van der Waals surface area contributed by atoms with Gasteiger partial charge in [-0.1, -0.05) is 6.92 Å². The van der Waals surface area contributed by atoms with Crippen molar-refractivity contribution >= 4 is 17.6 Å². The van der Waals surface area contributed by atoms with Crippen molar-refractivity contribution in [3.05, 3.63) is 11.9 Å². The summed E-state index contributed by atoms with van der Waals surface area (Å²) in [6.45, 7) is 2.51. The van der Waals surface area contributed by atoms with Crippen LogP contribution >= 0.6 is 11.8 Å². The molecule has 90 valence electrons. The summed E-state index contributed by atoms with van der Waals surface area (Å²) in [4.78, 5) is 8.34. The lowest BCUT2D eigenvalue weighted by Crippen LogP contribution is -2.05. The van der Waals surface area contributed by atoms with E-state index < -0.39 is 0 Å². The minimum atomic E-state index is 0.179. The van der Waals surface area contributed by atoms with Crippen molar-refractivity contribution in [2.75, 3.05) is 25.2 Å². The molecule has 0 bridgehead atoms. The maximum Gasteiger partial charge on any atom is 0.157 e. The number of hydrogen-bond acceptors (Lipinski definition) is 6. The van der Waals surface area contributed by atoms with Crippen LogP contribution in [0.15, 0.2) is 11.1 Å². The Kier molecular flexibility index (Phi) is 5.51. The van der Waals surface area contributed by atoms with E-state index in [-0.39, 0.29) is 12.5 Å². The van der Waals surface area contributed by atoms with Crippen LogP contribution in [0.25, 0.3) is 0 Å². The van der Waals surface area contributed by atoms with Crippen LogP contribution in [0, 0.1) is 5.92 Å². The fourth-order valence-electron chi connectivity index (χ4n) is 1.04.